The molecule has 0 saturated carbocycles. The average Bonchev–Trinajstić information content (AvgIpc) is 3.14. The van der Waals surface area contributed by atoms with E-state index in [1.807, 2.05) is 44.2 Å². The molecule has 4 rings (SSSR count). The van der Waals surface area contributed by atoms with Crippen molar-refractivity contribution in [2.45, 2.75) is 26.2 Å². The first-order valence-electron chi connectivity index (χ1n) is 11.2. The van der Waals surface area contributed by atoms with Crippen LogP contribution in [0.2, 0.25) is 0 Å². The van der Waals surface area contributed by atoms with Crippen molar-refractivity contribution in [3.05, 3.63) is 54.0 Å². The zero-order chi connectivity index (χ0) is 24.1. The molecule has 0 spiro atoms. The standard InChI is InChI=1S/C25H29N3O6/c1-5-32-25(33-6-2)28-19-10-8-7-9-16(19)22(24(28)29)23-17-13-20(31-4)21(34-12-11-30-3)14-18(17)26-15-27-23/h7-10,13-15,22,25H,5-6,11-12H2,1-4H3. The van der Waals surface area contributed by atoms with E-state index in [4.69, 9.17) is 23.7 Å². The number of fused-ring (bicyclic) bond motifs is 2. The quantitative estimate of drug-likeness (QED) is 0.313. The molecular weight excluding hydrogens is 438 g/mol. The fraction of sp³-hybridized carbons (Fsp3) is 0.400. The van der Waals surface area contributed by atoms with Gasteiger partial charge in [0.05, 0.1) is 30.6 Å². The van der Waals surface area contributed by atoms with Crippen LogP contribution in [0.4, 0.5) is 5.69 Å². The van der Waals surface area contributed by atoms with E-state index < -0.39 is 12.3 Å². The molecule has 1 amide bonds. The lowest BCUT2D eigenvalue weighted by Crippen LogP contribution is -2.42. The minimum atomic E-state index is -0.822. The minimum absolute atomic E-state index is 0.174. The molecule has 1 unspecified atom stereocenters. The summed E-state index contributed by atoms with van der Waals surface area (Å²) in [5, 5.41) is 0.706. The van der Waals surface area contributed by atoms with Crippen molar-refractivity contribution < 1.29 is 28.5 Å². The van der Waals surface area contributed by atoms with E-state index in [-0.39, 0.29) is 5.91 Å². The monoisotopic (exact) mass is 467 g/mol. The van der Waals surface area contributed by atoms with Crippen LogP contribution in [0.1, 0.15) is 31.0 Å². The smallest absolute Gasteiger partial charge is 0.247 e. The Hall–Kier alpha value is -3.27. The third kappa shape index (κ3) is 4.42. The number of rotatable bonds is 11. The van der Waals surface area contributed by atoms with Gasteiger partial charge in [0.1, 0.15) is 18.9 Å². The summed E-state index contributed by atoms with van der Waals surface area (Å²) in [6.07, 6.45) is 0.640. The van der Waals surface area contributed by atoms with Crippen molar-refractivity contribution >= 4 is 22.5 Å². The SMILES string of the molecule is CCOC(OCC)N1C(=O)C(c2ncnc3cc(OCCOC)c(OC)cc23)c2ccccc21. The second-order valence-electron chi connectivity index (χ2n) is 7.54. The lowest BCUT2D eigenvalue weighted by atomic mass is 9.94. The fourth-order valence-corrected chi connectivity index (χ4v) is 4.13. The van der Waals surface area contributed by atoms with E-state index in [0.29, 0.717) is 54.5 Å². The van der Waals surface area contributed by atoms with Crippen LogP contribution < -0.4 is 14.4 Å². The summed E-state index contributed by atoms with van der Waals surface area (Å²) in [7, 11) is 3.18. The van der Waals surface area contributed by atoms with E-state index in [9.17, 15) is 4.79 Å². The molecule has 180 valence electrons. The normalized spacial score (nSPS) is 15.3. The molecule has 9 heteroatoms. The van der Waals surface area contributed by atoms with Crippen LogP contribution in [0.5, 0.6) is 11.5 Å². The molecule has 0 bridgehead atoms. The van der Waals surface area contributed by atoms with E-state index >= 15 is 0 Å². The third-order valence-corrected chi connectivity index (χ3v) is 5.59. The Morgan fingerprint density at radius 1 is 1.00 bits per heavy atom. The van der Waals surface area contributed by atoms with Crippen LogP contribution in [-0.2, 0) is 19.0 Å². The first-order valence-corrected chi connectivity index (χ1v) is 11.2. The Morgan fingerprint density at radius 2 is 1.76 bits per heavy atom. The van der Waals surface area contributed by atoms with Gasteiger partial charge in [-0.05, 0) is 31.5 Å². The van der Waals surface area contributed by atoms with Crippen LogP contribution >= 0.6 is 0 Å². The van der Waals surface area contributed by atoms with Gasteiger partial charge in [0.25, 0.3) is 0 Å². The number of benzene rings is 2. The molecule has 2 aromatic carbocycles. The van der Waals surface area contributed by atoms with Gasteiger partial charge < -0.3 is 23.7 Å². The number of methoxy groups -OCH3 is 2. The van der Waals surface area contributed by atoms with E-state index in [1.54, 1.807) is 25.2 Å². The second kappa shape index (κ2) is 10.8. The number of hydrogen-bond acceptors (Lipinski definition) is 8. The maximum Gasteiger partial charge on any atom is 0.247 e. The van der Waals surface area contributed by atoms with E-state index in [2.05, 4.69) is 9.97 Å². The predicted octanol–water partition coefficient (Wildman–Crippen LogP) is 3.50. The van der Waals surface area contributed by atoms with Crippen LogP contribution in [0.15, 0.2) is 42.7 Å². The van der Waals surface area contributed by atoms with Gasteiger partial charge in [-0.25, -0.2) is 9.97 Å². The molecule has 0 N–H and O–H groups in total. The minimum Gasteiger partial charge on any atom is -0.493 e. The number of nitrogens with zero attached hydrogens (tertiary/aromatic N) is 3. The average molecular weight is 468 g/mol. The van der Waals surface area contributed by atoms with Crippen molar-refractivity contribution in [3.63, 3.8) is 0 Å². The Balaban J connectivity index is 1.81. The number of para-hydroxylation sites is 1. The Kier molecular flexibility index (Phi) is 7.56. The number of ether oxygens (including phenoxy) is 5. The number of aromatic nitrogens is 2. The molecular formula is C25H29N3O6. The van der Waals surface area contributed by atoms with Crippen molar-refractivity contribution in [1.29, 1.82) is 0 Å². The number of amides is 1. The molecule has 34 heavy (non-hydrogen) atoms. The van der Waals surface area contributed by atoms with Gasteiger partial charge in [-0.15, -0.1) is 0 Å². The fourth-order valence-electron chi connectivity index (χ4n) is 4.13. The van der Waals surface area contributed by atoms with Crippen LogP contribution in [-0.4, -0.2) is 62.9 Å². The lowest BCUT2D eigenvalue weighted by molar-refractivity contribution is -0.149. The second-order valence-corrected chi connectivity index (χ2v) is 7.54. The van der Waals surface area contributed by atoms with Gasteiger partial charge in [-0.2, -0.15) is 0 Å². The summed E-state index contributed by atoms with van der Waals surface area (Å²) in [6, 6.07) is 11.2. The summed E-state index contributed by atoms with van der Waals surface area (Å²) in [4.78, 5) is 24.4. The zero-order valence-corrected chi connectivity index (χ0v) is 19.8. The van der Waals surface area contributed by atoms with Gasteiger partial charge in [-0.1, -0.05) is 18.2 Å². The number of carbonyl (C=O) groups is 1. The molecule has 1 aromatic heterocycles. The van der Waals surface area contributed by atoms with Gasteiger partial charge in [-0.3, -0.25) is 9.69 Å². The number of anilines is 1. The Labute approximate surface area is 198 Å². The summed E-state index contributed by atoms with van der Waals surface area (Å²) in [5.41, 5.74) is 2.80. The molecule has 1 aliphatic heterocycles. The number of carbonyl (C=O) groups excluding carboxylic acids is 1. The Bertz CT molecular complexity index is 1150. The molecule has 3 aromatic rings. The first kappa shape index (κ1) is 23.9. The Morgan fingerprint density at radius 3 is 2.47 bits per heavy atom. The van der Waals surface area contributed by atoms with E-state index in [0.717, 1.165) is 11.3 Å². The highest BCUT2D eigenvalue weighted by molar-refractivity contribution is 6.08. The highest BCUT2D eigenvalue weighted by Gasteiger charge is 2.43. The molecule has 0 radical (unpaired) electrons. The summed E-state index contributed by atoms with van der Waals surface area (Å²) >= 11 is 0. The van der Waals surface area contributed by atoms with Gasteiger partial charge >= 0.3 is 0 Å². The van der Waals surface area contributed by atoms with Gasteiger partial charge in [0, 0.05) is 31.8 Å². The zero-order valence-electron chi connectivity index (χ0n) is 19.8. The number of hydrogen-bond donors (Lipinski definition) is 0. The molecule has 0 fully saturated rings. The molecule has 2 heterocycles. The van der Waals surface area contributed by atoms with Gasteiger partial charge in [0.2, 0.25) is 12.3 Å². The van der Waals surface area contributed by atoms with Gasteiger partial charge in [0.15, 0.2) is 11.5 Å². The largest absolute Gasteiger partial charge is 0.493 e. The highest BCUT2D eigenvalue weighted by Crippen LogP contribution is 2.44. The van der Waals surface area contributed by atoms with Crippen molar-refractivity contribution in [2.75, 3.05) is 45.5 Å². The predicted molar refractivity (Wildman–Crippen MR) is 126 cm³/mol. The van der Waals surface area contributed by atoms with Crippen molar-refractivity contribution in [1.82, 2.24) is 9.97 Å². The van der Waals surface area contributed by atoms with Crippen LogP contribution in [0, 0.1) is 0 Å². The van der Waals surface area contributed by atoms with Crippen LogP contribution in [0.25, 0.3) is 10.9 Å². The molecule has 9 nitrogen and oxygen atoms in total. The first-order chi connectivity index (χ1) is 16.6. The third-order valence-electron chi connectivity index (χ3n) is 5.59. The summed E-state index contributed by atoms with van der Waals surface area (Å²) in [5.74, 6) is 0.253. The van der Waals surface area contributed by atoms with E-state index in [1.165, 1.54) is 6.33 Å². The van der Waals surface area contributed by atoms with Crippen molar-refractivity contribution in [2.24, 2.45) is 0 Å². The highest BCUT2D eigenvalue weighted by atomic mass is 16.7. The topological polar surface area (TPSA) is 92.2 Å². The summed E-state index contributed by atoms with van der Waals surface area (Å²) in [6.45, 7) is 5.36. The summed E-state index contributed by atoms with van der Waals surface area (Å²) < 4.78 is 28.0. The van der Waals surface area contributed by atoms with Crippen molar-refractivity contribution in [3.8, 4) is 11.5 Å². The molecule has 0 saturated heterocycles. The van der Waals surface area contributed by atoms with Crippen LogP contribution in [0.3, 0.4) is 0 Å². The lowest BCUT2D eigenvalue weighted by Gasteiger charge is -2.27. The molecule has 1 atom stereocenters. The molecule has 0 aliphatic carbocycles. The molecule has 1 aliphatic rings. The maximum atomic E-state index is 13.8. The maximum absolute atomic E-state index is 13.8.